The minimum absolute atomic E-state index is 0.252. The highest BCUT2D eigenvalue weighted by Gasteiger charge is 1.98. The standard InChI is InChI=1S/C30H56O4/c1-34-30(33)28-26-24-22-20-18-16-14-12-10-8-6-4-2-3-5-7-9-11-13-15-17-19-21-23-25-27-29(31)32/h26,28H,2-25,27H2,1H3,(H,31,32). The first-order chi connectivity index (χ1) is 16.7. The van der Waals surface area contributed by atoms with Crippen molar-refractivity contribution in [1.29, 1.82) is 0 Å². The van der Waals surface area contributed by atoms with Crippen LogP contribution in [0, 0.1) is 0 Å². The summed E-state index contributed by atoms with van der Waals surface area (Å²) in [5, 5.41) is 8.61. The van der Waals surface area contributed by atoms with Crippen molar-refractivity contribution in [2.45, 2.75) is 161 Å². The van der Waals surface area contributed by atoms with Crippen LogP contribution in [-0.4, -0.2) is 24.2 Å². The summed E-state index contributed by atoms with van der Waals surface area (Å²) in [4.78, 5) is 21.4. The zero-order valence-electron chi connectivity index (χ0n) is 22.5. The number of unbranched alkanes of at least 4 members (excludes halogenated alkanes) is 23. The summed E-state index contributed by atoms with van der Waals surface area (Å²) in [5.41, 5.74) is 0. The Morgan fingerprint density at radius 1 is 0.529 bits per heavy atom. The number of hydrogen-bond donors (Lipinski definition) is 1. The molecular formula is C30H56O4. The largest absolute Gasteiger partial charge is 0.481 e. The van der Waals surface area contributed by atoms with Crippen molar-refractivity contribution in [3.63, 3.8) is 0 Å². The maximum absolute atomic E-state index is 10.9. The molecule has 4 nitrogen and oxygen atoms in total. The van der Waals surface area contributed by atoms with Gasteiger partial charge in [-0.1, -0.05) is 141 Å². The molecule has 0 rings (SSSR count). The molecule has 34 heavy (non-hydrogen) atoms. The smallest absolute Gasteiger partial charge is 0.330 e. The van der Waals surface area contributed by atoms with Crippen LogP contribution in [0.15, 0.2) is 12.2 Å². The molecule has 0 unspecified atom stereocenters. The molecule has 0 fully saturated rings. The van der Waals surface area contributed by atoms with Crippen LogP contribution >= 0.6 is 0 Å². The Balaban J connectivity index is 3.07. The van der Waals surface area contributed by atoms with Gasteiger partial charge in [0.05, 0.1) is 7.11 Å². The zero-order chi connectivity index (χ0) is 25.0. The summed E-state index contributed by atoms with van der Waals surface area (Å²) in [6.45, 7) is 0. The van der Waals surface area contributed by atoms with Gasteiger partial charge in [0, 0.05) is 12.5 Å². The molecule has 0 aromatic heterocycles. The molecule has 0 saturated heterocycles. The van der Waals surface area contributed by atoms with Gasteiger partial charge in [-0.25, -0.2) is 4.79 Å². The van der Waals surface area contributed by atoms with Crippen LogP contribution in [0.1, 0.15) is 161 Å². The Bertz CT molecular complexity index is 472. The second-order valence-corrected chi connectivity index (χ2v) is 9.99. The highest BCUT2D eigenvalue weighted by Crippen LogP contribution is 2.15. The van der Waals surface area contributed by atoms with Crippen LogP contribution in [0.2, 0.25) is 0 Å². The predicted molar refractivity (Wildman–Crippen MR) is 144 cm³/mol. The van der Waals surface area contributed by atoms with Crippen molar-refractivity contribution in [2.75, 3.05) is 7.11 Å². The Kier molecular flexibility index (Phi) is 26.8. The number of carboxylic acids is 1. The quantitative estimate of drug-likeness (QED) is 0.0722. The third-order valence-corrected chi connectivity index (χ3v) is 6.72. The number of esters is 1. The van der Waals surface area contributed by atoms with Gasteiger partial charge < -0.3 is 9.84 Å². The maximum Gasteiger partial charge on any atom is 0.330 e. The molecule has 0 aliphatic carbocycles. The monoisotopic (exact) mass is 480 g/mol. The minimum atomic E-state index is -0.658. The van der Waals surface area contributed by atoms with E-state index in [1.807, 2.05) is 6.08 Å². The summed E-state index contributed by atoms with van der Waals surface area (Å²) in [6.07, 6.45) is 35.3. The van der Waals surface area contributed by atoms with Gasteiger partial charge in [0.25, 0.3) is 0 Å². The van der Waals surface area contributed by atoms with E-state index in [-0.39, 0.29) is 5.97 Å². The summed E-state index contributed by atoms with van der Waals surface area (Å²) in [6, 6.07) is 0. The molecular weight excluding hydrogens is 424 g/mol. The summed E-state index contributed by atoms with van der Waals surface area (Å²) < 4.78 is 4.58. The third kappa shape index (κ3) is 28.7. The van der Waals surface area contributed by atoms with E-state index in [1.165, 1.54) is 148 Å². The third-order valence-electron chi connectivity index (χ3n) is 6.72. The van der Waals surface area contributed by atoms with Crippen LogP contribution in [0.4, 0.5) is 0 Å². The van der Waals surface area contributed by atoms with Crippen molar-refractivity contribution in [3.05, 3.63) is 12.2 Å². The second kappa shape index (κ2) is 27.9. The first-order valence-corrected chi connectivity index (χ1v) is 14.6. The van der Waals surface area contributed by atoms with Crippen molar-refractivity contribution < 1.29 is 19.4 Å². The number of carboxylic acid groups (broad SMARTS) is 1. The average Bonchev–Trinajstić information content (AvgIpc) is 2.83. The molecule has 0 aromatic carbocycles. The number of rotatable bonds is 27. The molecule has 0 aliphatic heterocycles. The fourth-order valence-corrected chi connectivity index (χ4v) is 4.50. The van der Waals surface area contributed by atoms with E-state index in [1.54, 1.807) is 0 Å². The SMILES string of the molecule is COC(=O)C=CCCCCCCCCCCCCCCCCCCCCCCCCCC(=O)O. The molecule has 0 atom stereocenters. The zero-order valence-corrected chi connectivity index (χ0v) is 22.5. The Morgan fingerprint density at radius 3 is 1.12 bits per heavy atom. The Hall–Kier alpha value is -1.32. The predicted octanol–water partition coefficient (Wildman–Crippen LogP) is 9.55. The van der Waals surface area contributed by atoms with Crippen LogP contribution < -0.4 is 0 Å². The second-order valence-electron chi connectivity index (χ2n) is 9.99. The number of carbonyl (C=O) groups is 2. The number of aliphatic carboxylic acids is 1. The fraction of sp³-hybridized carbons (Fsp3) is 0.867. The average molecular weight is 481 g/mol. The lowest BCUT2D eigenvalue weighted by Crippen LogP contribution is -1.93. The number of hydrogen-bond acceptors (Lipinski definition) is 3. The first kappa shape index (κ1) is 32.7. The van der Waals surface area contributed by atoms with Crippen molar-refractivity contribution >= 4 is 11.9 Å². The minimum Gasteiger partial charge on any atom is -0.481 e. The van der Waals surface area contributed by atoms with Gasteiger partial charge in [0.15, 0.2) is 0 Å². The van der Waals surface area contributed by atoms with Gasteiger partial charge in [0.1, 0.15) is 0 Å². The topological polar surface area (TPSA) is 63.6 Å². The van der Waals surface area contributed by atoms with E-state index in [2.05, 4.69) is 4.74 Å². The molecule has 0 saturated carbocycles. The Labute approximate surface area is 211 Å². The van der Waals surface area contributed by atoms with Gasteiger partial charge in [-0.2, -0.15) is 0 Å². The number of methoxy groups -OCH3 is 1. The molecule has 0 heterocycles. The number of carbonyl (C=O) groups excluding carboxylic acids is 1. The van der Waals surface area contributed by atoms with Gasteiger partial charge in [-0.15, -0.1) is 0 Å². The van der Waals surface area contributed by atoms with Crippen molar-refractivity contribution in [2.24, 2.45) is 0 Å². The molecule has 0 aliphatic rings. The van der Waals surface area contributed by atoms with E-state index in [9.17, 15) is 9.59 Å². The van der Waals surface area contributed by atoms with Crippen LogP contribution in [0.3, 0.4) is 0 Å². The van der Waals surface area contributed by atoms with E-state index in [4.69, 9.17) is 5.11 Å². The van der Waals surface area contributed by atoms with E-state index in [0.717, 1.165) is 19.3 Å². The Morgan fingerprint density at radius 2 is 0.824 bits per heavy atom. The molecule has 200 valence electrons. The number of ether oxygens (including phenoxy) is 1. The van der Waals surface area contributed by atoms with E-state index in [0.29, 0.717) is 6.42 Å². The number of allylic oxidation sites excluding steroid dienone is 1. The summed E-state index contributed by atoms with van der Waals surface area (Å²) in [7, 11) is 1.42. The highest BCUT2D eigenvalue weighted by atomic mass is 16.5. The first-order valence-electron chi connectivity index (χ1n) is 14.6. The van der Waals surface area contributed by atoms with Crippen molar-refractivity contribution in [3.8, 4) is 0 Å². The van der Waals surface area contributed by atoms with Crippen LogP contribution in [-0.2, 0) is 14.3 Å². The van der Waals surface area contributed by atoms with Gasteiger partial charge in [-0.3, -0.25) is 4.79 Å². The molecule has 0 bridgehead atoms. The lowest BCUT2D eigenvalue weighted by atomic mass is 10.0. The van der Waals surface area contributed by atoms with E-state index >= 15 is 0 Å². The molecule has 0 spiro atoms. The summed E-state index contributed by atoms with van der Waals surface area (Å²) in [5.74, 6) is -0.910. The van der Waals surface area contributed by atoms with Crippen LogP contribution in [0.25, 0.3) is 0 Å². The molecule has 4 heteroatoms. The highest BCUT2D eigenvalue weighted by molar-refractivity contribution is 5.81. The van der Waals surface area contributed by atoms with Gasteiger partial charge in [0.2, 0.25) is 0 Å². The molecule has 0 aromatic rings. The molecule has 0 radical (unpaired) electrons. The molecule has 0 amide bonds. The maximum atomic E-state index is 10.9. The molecule has 1 N–H and O–H groups in total. The van der Waals surface area contributed by atoms with Crippen LogP contribution in [0.5, 0.6) is 0 Å². The normalized spacial score (nSPS) is 11.3. The van der Waals surface area contributed by atoms with Crippen molar-refractivity contribution in [1.82, 2.24) is 0 Å². The lowest BCUT2D eigenvalue weighted by Gasteiger charge is -2.04. The van der Waals surface area contributed by atoms with E-state index < -0.39 is 5.97 Å². The van der Waals surface area contributed by atoms with Gasteiger partial charge in [-0.05, 0) is 19.3 Å². The fourth-order valence-electron chi connectivity index (χ4n) is 4.50. The lowest BCUT2D eigenvalue weighted by molar-refractivity contribution is -0.137. The van der Waals surface area contributed by atoms with Gasteiger partial charge >= 0.3 is 11.9 Å². The summed E-state index contributed by atoms with van der Waals surface area (Å²) >= 11 is 0.